The second-order valence-electron chi connectivity index (χ2n) is 3.09. The normalized spacial score (nSPS) is 9.50. The number of halogens is 1. The first-order chi connectivity index (χ1) is 6.74. The van der Waals surface area contributed by atoms with Crippen LogP contribution in [0.3, 0.4) is 0 Å². The maximum Gasteiger partial charge on any atom is 0.165 e. The van der Waals surface area contributed by atoms with Gasteiger partial charge in [0.05, 0.1) is 6.61 Å². The van der Waals surface area contributed by atoms with E-state index in [1.165, 1.54) is 6.07 Å². The number of unbranched alkanes of at least 4 members (excludes halogenated alkanes) is 1. The van der Waals surface area contributed by atoms with E-state index >= 15 is 0 Å². The van der Waals surface area contributed by atoms with Crippen molar-refractivity contribution in [1.29, 1.82) is 0 Å². The van der Waals surface area contributed by atoms with Gasteiger partial charge in [0.15, 0.2) is 11.6 Å². The van der Waals surface area contributed by atoms with E-state index in [1.807, 2.05) is 6.92 Å². The molecule has 0 aliphatic rings. The Morgan fingerprint density at radius 3 is 3.00 bits per heavy atom. The molecule has 74 valence electrons. The largest absolute Gasteiger partial charge is 0.490 e. The van der Waals surface area contributed by atoms with Crippen LogP contribution in [-0.2, 0) is 0 Å². The van der Waals surface area contributed by atoms with Crippen molar-refractivity contribution in [2.24, 2.45) is 0 Å². The van der Waals surface area contributed by atoms with Crippen molar-refractivity contribution in [3.05, 3.63) is 29.6 Å². The molecule has 0 saturated heterocycles. The molecule has 0 aliphatic carbocycles. The molecule has 0 spiro atoms. The molecular formula is C12H13FO. The van der Waals surface area contributed by atoms with E-state index in [9.17, 15) is 4.39 Å². The van der Waals surface area contributed by atoms with E-state index in [4.69, 9.17) is 11.2 Å². The zero-order chi connectivity index (χ0) is 10.4. The predicted molar refractivity (Wildman–Crippen MR) is 54.7 cm³/mol. The molecule has 1 rings (SSSR count). The average molecular weight is 192 g/mol. The molecule has 0 fully saturated rings. The Morgan fingerprint density at radius 2 is 2.29 bits per heavy atom. The lowest BCUT2D eigenvalue weighted by Crippen LogP contribution is -1.98. The summed E-state index contributed by atoms with van der Waals surface area (Å²) in [6.45, 7) is 2.36. The molecule has 0 atom stereocenters. The molecule has 2 heteroatoms. The highest BCUT2D eigenvalue weighted by Gasteiger charge is 2.02. The van der Waals surface area contributed by atoms with Gasteiger partial charge >= 0.3 is 0 Å². The molecule has 1 nitrogen and oxygen atoms in total. The van der Waals surface area contributed by atoms with Crippen LogP contribution >= 0.6 is 0 Å². The Morgan fingerprint density at radius 1 is 1.50 bits per heavy atom. The van der Waals surface area contributed by atoms with Gasteiger partial charge in [-0.25, -0.2) is 4.39 Å². The zero-order valence-corrected chi connectivity index (χ0v) is 8.22. The van der Waals surface area contributed by atoms with Crippen LogP contribution in [0.2, 0.25) is 0 Å². The molecule has 0 heterocycles. The summed E-state index contributed by atoms with van der Waals surface area (Å²) in [5.74, 6) is 2.49. The van der Waals surface area contributed by atoms with E-state index in [0.29, 0.717) is 18.8 Å². The quantitative estimate of drug-likeness (QED) is 0.526. The zero-order valence-electron chi connectivity index (χ0n) is 8.22. The molecule has 0 aromatic heterocycles. The number of hydrogen-bond donors (Lipinski definition) is 0. The fraction of sp³-hybridized carbons (Fsp3) is 0.333. The van der Waals surface area contributed by atoms with Crippen molar-refractivity contribution in [2.45, 2.75) is 19.8 Å². The van der Waals surface area contributed by atoms with Crippen molar-refractivity contribution in [3.63, 3.8) is 0 Å². The summed E-state index contributed by atoms with van der Waals surface area (Å²) in [7, 11) is 0. The molecule has 0 radical (unpaired) electrons. The molecule has 0 saturated carbocycles. The highest BCUT2D eigenvalue weighted by atomic mass is 19.1. The van der Waals surface area contributed by atoms with Crippen LogP contribution in [0.15, 0.2) is 18.2 Å². The van der Waals surface area contributed by atoms with E-state index in [0.717, 1.165) is 12.0 Å². The minimum atomic E-state index is -0.323. The average Bonchev–Trinajstić information content (AvgIpc) is 2.18. The standard InChI is InChI=1S/C12H13FO/c1-3-4-5-8-14-12-9-10(2)6-7-11(12)13/h1,6-7,9H,4-5,8H2,2H3. The topological polar surface area (TPSA) is 9.23 Å². The molecule has 1 aromatic carbocycles. The highest BCUT2D eigenvalue weighted by Crippen LogP contribution is 2.18. The van der Waals surface area contributed by atoms with E-state index < -0.39 is 0 Å². The summed E-state index contributed by atoms with van der Waals surface area (Å²) >= 11 is 0. The molecule has 0 bridgehead atoms. The third-order valence-corrected chi connectivity index (χ3v) is 1.81. The molecule has 0 unspecified atom stereocenters. The van der Waals surface area contributed by atoms with Crippen molar-refractivity contribution >= 4 is 0 Å². The summed E-state index contributed by atoms with van der Waals surface area (Å²) in [4.78, 5) is 0. The number of terminal acetylenes is 1. The van der Waals surface area contributed by atoms with Crippen LogP contribution in [0.5, 0.6) is 5.75 Å². The van der Waals surface area contributed by atoms with Crippen LogP contribution < -0.4 is 4.74 Å². The lowest BCUT2D eigenvalue weighted by atomic mass is 10.2. The third-order valence-electron chi connectivity index (χ3n) is 1.81. The summed E-state index contributed by atoms with van der Waals surface area (Å²) in [5, 5.41) is 0. The van der Waals surface area contributed by atoms with Crippen LogP contribution in [-0.4, -0.2) is 6.61 Å². The monoisotopic (exact) mass is 192 g/mol. The van der Waals surface area contributed by atoms with Gasteiger partial charge in [-0.05, 0) is 31.0 Å². The number of aryl methyl sites for hydroxylation is 1. The van der Waals surface area contributed by atoms with Crippen LogP contribution in [0.4, 0.5) is 4.39 Å². The first-order valence-corrected chi connectivity index (χ1v) is 4.56. The van der Waals surface area contributed by atoms with E-state index in [-0.39, 0.29) is 5.82 Å². The molecule has 0 aliphatic heterocycles. The van der Waals surface area contributed by atoms with Crippen molar-refractivity contribution in [3.8, 4) is 18.1 Å². The van der Waals surface area contributed by atoms with Gasteiger partial charge < -0.3 is 4.74 Å². The van der Waals surface area contributed by atoms with Crippen LogP contribution in [0.25, 0.3) is 0 Å². The minimum absolute atomic E-state index is 0.307. The summed E-state index contributed by atoms with van der Waals surface area (Å²) < 4.78 is 18.4. The fourth-order valence-electron chi connectivity index (χ4n) is 1.08. The second-order valence-corrected chi connectivity index (χ2v) is 3.09. The molecule has 1 aromatic rings. The van der Waals surface area contributed by atoms with Gasteiger partial charge in [0.2, 0.25) is 0 Å². The lowest BCUT2D eigenvalue weighted by molar-refractivity contribution is 0.297. The van der Waals surface area contributed by atoms with Gasteiger partial charge in [0, 0.05) is 6.42 Å². The maximum absolute atomic E-state index is 13.1. The lowest BCUT2D eigenvalue weighted by Gasteiger charge is -2.06. The summed E-state index contributed by atoms with van der Waals surface area (Å²) in [6, 6.07) is 4.81. The number of hydrogen-bond acceptors (Lipinski definition) is 1. The van der Waals surface area contributed by atoms with Crippen molar-refractivity contribution < 1.29 is 9.13 Å². The van der Waals surface area contributed by atoms with Gasteiger partial charge in [-0.1, -0.05) is 6.07 Å². The Bertz CT molecular complexity index is 339. The first-order valence-electron chi connectivity index (χ1n) is 4.56. The van der Waals surface area contributed by atoms with E-state index in [2.05, 4.69) is 5.92 Å². The Hall–Kier alpha value is -1.49. The van der Waals surface area contributed by atoms with Crippen molar-refractivity contribution in [1.82, 2.24) is 0 Å². The van der Waals surface area contributed by atoms with Crippen LogP contribution in [0.1, 0.15) is 18.4 Å². The highest BCUT2D eigenvalue weighted by molar-refractivity contribution is 5.29. The number of rotatable bonds is 4. The molecule has 0 amide bonds. The summed E-state index contributed by atoms with van der Waals surface area (Å²) in [6.07, 6.45) is 6.50. The Labute approximate surface area is 83.9 Å². The molecule has 0 N–H and O–H groups in total. The van der Waals surface area contributed by atoms with Crippen LogP contribution in [0, 0.1) is 25.1 Å². The fourth-order valence-corrected chi connectivity index (χ4v) is 1.08. The third kappa shape index (κ3) is 3.10. The minimum Gasteiger partial charge on any atom is -0.490 e. The number of ether oxygens (including phenoxy) is 1. The maximum atomic E-state index is 13.1. The van der Waals surface area contributed by atoms with Gasteiger partial charge in [0.1, 0.15) is 0 Å². The van der Waals surface area contributed by atoms with Gasteiger partial charge in [-0.15, -0.1) is 12.3 Å². The SMILES string of the molecule is C#CCCCOc1cc(C)ccc1F. The molecule has 14 heavy (non-hydrogen) atoms. The predicted octanol–water partition coefficient (Wildman–Crippen LogP) is 2.93. The van der Waals surface area contributed by atoms with Gasteiger partial charge in [-0.3, -0.25) is 0 Å². The van der Waals surface area contributed by atoms with E-state index in [1.54, 1.807) is 12.1 Å². The second kappa shape index (κ2) is 5.29. The first kappa shape index (κ1) is 10.6. The number of benzene rings is 1. The Kier molecular flexibility index (Phi) is 4.00. The molecular weight excluding hydrogens is 179 g/mol. The van der Waals surface area contributed by atoms with Gasteiger partial charge in [0.25, 0.3) is 0 Å². The van der Waals surface area contributed by atoms with Gasteiger partial charge in [-0.2, -0.15) is 0 Å². The Balaban J connectivity index is 2.50. The van der Waals surface area contributed by atoms with Crippen molar-refractivity contribution in [2.75, 3.05) is 6.61 Å². The smallest absolute Gasteiger partial charge is 0.165 e. The summed E-state index contributed by atoms with van der Waals surface area (Å²) in [5.41, 5.74) is 0.985.